The summed E-state index contributed by atoms with van der Waals surface area (Å²) in [5.74, 6) is -0.411. The first-order valence-electron chi connectivity index (χ1n) is 9.23. The van der Waals surface area contributed by atoms with E-state index in [1.165, 1.54) is 24.3 Å². The largest absolute Gasteiger partial charge is 0.573 e. The van der Waals surface area contributed by atoms with Gasteiger partial charge in [-0.25, -0.2) is 4.99 Å². The topological polar surface area (TPSA) is 98.0 Å². The quantitative estimate of drug-likeness (QED) is 0.488. The number of nitrogens with one attached hydrogen (secondary N) is 2. The number of aliphatic imine (C=N–C) groups is 1. The van der Waals surface area contributed by atoms with Gasteiger partial charge in [0.1, 0.15) is 11.9 Å². The van der Waals surface area contributed by atoms with Gasteiger partial charge in [-0.15, -0.1) is 13.2 Å². The highest BCUT2D eigenvalue weighted by Gasteiger charge is 2.31. The van der Waals surface area contributed by atoms with Crippen LogP contribution in [0.15, 0.2) is 53.5 Å². The van der Waals surface area contributed by atoms with E-state index in [2.05, 4.69) is 20.4 Å². The Morgan fingerprint density at radius 1 is 1.17 bits per heavy atom. The number of nitrogens with zero attached hydrogens (tertiary/aromatic N) is 1. The molecular weight excluding hydrogens is 401 g/mol. The first-order valence-corrected chi connectivity index (χ1v) is 9.23. The lowest BCUT2D eigenvalue weighted by molar-refractivity contribution is -0.274. The van der Waals surface area contributed by atoms with E-state index in [-0.39, 0.29) is 24.2 Å². The predicted molar refractivity (Wildman–Crippen MR) is 106 cm³/mol. The van der Waals surface area contributed by atoms with Crippen molar-refractivity contribution in [3.63, 3.8) is 0 Å². The number of ether oxygens (including phenoxy) is 2. The first-order chi connectivity index (χ1) is 14.3. The molecule has 0 saturated carbocycles. The molecule has 0 radical (unpaired) electrons. The highest BCUT2D eigenvalue weighted by atomic mass is 19.4. The van der Waals surface area contributed by atoms with Crippen LogP contribution in [-0.4, -0.2) is 30.9 Å². The lowest BCUT2D eigenvalue weighted by Gasteiger charge is -2.11. The summed E-state index contributed by atoms with van der Waals surface area (Å²) in [6.07, 6.45) is -3.58. The molecule has 0 aromatic heterocycles. The summed E-state index contributed by atoms with van der Waals surface area (Å²) in [5, 5.41) is 5.61. The second-order valence-electron chi connectivity index (χ2n) is 6.59. The minimum absolute atomic E-state index is 0.0910. The molecule has 1 saturated heterocycles. The number of hydrogen-bond donors (Lipinski definition) is 3. The number of hydrogen-bond acceptors (Lipinski definition) is 4. The van der Waals surface area contributed by atoms with Gasteiger partial charge in [0.2, 0.25) is 0 Å². The third kappa shape index (κ3) is 6.66. The second kappa shape index (κ2) is 9.49. The highest BCUT2D eigenvalue weighted by Crippen LogP contribution is 2.24. The van der Waals surface area contributed by atoms with Crippen molar-refractivity contribution in [1.29, 1.82) is 0 Å². The van der Waals surface area contributed by atoms with E-state index in [1.807, 2.05) is 6.07 Å². The Morgan fingerprint density at radius 2 is 1.93 bits per heavy atom. The van der Waals surface area contributed by atoms with Gasteiger partial charge in [-0.1, -0.05) is 12.1 Å². The zero-order valence-electron chi connectivity index (χ0n) is 15.9. The third-order valence-corrected chi connectivity index (χ3v) is 4.21. The average Bonchev–Trinajstić information content (AvgIpc) is 3.22. The summed E-state index contributed by atoms with van der Waals surface area (Å²) < 4.78 is 45.7. The summed E-state index contributed by atoms with van der Waals surface area (Å²) in [6, 6.07) is 12.3. The number of alkyl halides is 3. The Hall–Kier alpha value is -3.27. The number of rotatable bonds is 6. The third-order valence-electron chi connectivity index (χ3n) is 4.21. The molecule has 4 N–H and O–H groups in total. The SMILES string of the molecule is NC(=NCc1cccc(NC(=O)C2CCCO2)c1)Nc1ccc(OC(F)(F)F)cc1. The molecule has 10 heteroatoms. The van der Waals surface area contributed by atoms with Gasteiger partial charge in [-0.2, -0.15) is 0 Å². The Morgan fingerprint density at radius 3 is 2.60 bits per heavy atom. The van der Waals surface area contributed by atoms with E-state index in [0.29, 0.717) is 24.4 Å². The van der Waals surface area contributed by atoms with E-state index >= 15 is 0 Å². The number of anilines is 2. The van der Waals surface area contributed by atoms with Crippen molar-refractivity contribution in [3.8, 4) is 5.75 Å². The van der Waals surface area contributed by atoms with Crippen LogP contribution in [0.1, 0.15) is 18.4 Å². The van der Waals surface area contributed by atoms with Crippen LogP contribution in [0.5, 0.6) is 5.75 Å². The monoisotopic (exact) mass is 422 g/mol. The van der Waals surface area contributed by atoms with E-state index in [4.69, 9.17) is 10.5 Å². The number of amides is 1. The van der Waals surface area contributed by atoms with Crippen molar-refractivity contribution < 1.29 is 27.4 Å². The number of nitrogens with two attached hydrogens (primary N) is 1. The van der Waals surface area contributed by atoms with Crippen LogP contribution in [0.2, 0.25) is 0 Å². The van der Waals surface area contributed by atoms with Gasteiger partial charge in [-0.3, -0.25) is 4.79 Å². The Labute approximate surface area is 171 Å². The predicted octanol–water partition coefficient (Wildman–Crippen LogP) is 3.63. The van der Waals surface area contributed by atoms with Crippen LogP contribution in [0.25, 0.3) is 0 Å². The fourth-order valence-corrected chi connectivity index (χ4v) is 2.86. The van der Waals surface area contributed by atoms with Crippen LogP contribution in [0, 0.1) is 0 Å². The van der Waals surface area contributed by atoms with Gasteiger partial charge in [-0.05, 0) is 54.8 Å². The van der Waals surface area contributed by atoms with Crippen LogP contribution >= 0.6 is 0 Å². The van der Waals surface area contributed by atoms with E-state index in [9.17, 15) is 18.0 Å². The van der Waals surface area contributed by atoms with Gasteiger partial charge in [0.15, 0.2) is 5.96 Å². The number of halogens is 3. The molecule has 1 heterocycles. The number of carbonyl (C=O) groups is 1. The Balaban J connectivity index is 1.54. The van der Waals surface area contributed by atoms with Crippen molar-refractivity contribution in [2.24, 2.45) is 10.7 Å². The maximum Gasteiger partial charge on any atom is 0.573 e. The molecule has 30 heavy (non-hydrogen) atoms. The summed E-state index contributed by atoms with van der Waals surface area (Å²) in [6.45, 7) is 0.842. The van der Waals surface area contributed by atoms with E-state index in [1.54, 1.807) is 18.2 Å². The molecule has 1 aliphatic heterocycles. The van der Waals surface area contributed by atoms with Crippen molar-refractivity contribution in [2.75, 3.05) is 17.2 Å². The molecule has 1 fully saturated rings. The van der Waals surface area contributed by atoms with Crippen molar-refractivity contribution in [3.05, 3.63) is 54.1 Å². The molecule has 2 aromatic carbocycles. The number of carbonyl (C=O) groups excluding carboxylic acids is 1. The molecule has 1 unspecified atom stereocenters. The smallest absolute Gasteiger partial charge is 0.406 e. The van der Waals surface area contributed by atoms with E-state index in [0.717, 1.165) is 12.0 Å². The molecule has 160 valence electrons. The zero-order chi connectivity index (χ0) is 21.6. The van der Waals surface area contributed by atoms with Gasteiger partial charge >= 0.3 is 6.36 Å². The number of guanidine groups is 1. The molecule has 1 aliphatic rings. The molecule has 0 spiro atoms. The minimum Gasteiger partial charge on any atom is -0.406 e. The molecular formula is C20H21F3N4O3. The van der Waals surface area contributed by atoms with E-state index < -0.39 is 12.5 Å². The molecule has 7 nitrogen and oxygen atoms in total. The standard InChI is InChI=1S/C20H21F3N4O3/c21-20(22,23)30-16-8-6-14(7-9-16)27-19(24)25-12-13-3-1-4-15(11-13)26-18(28)17-5-2-10-29-17/h1,3-4,6-9,11,17H,2,5,10,12H2,(H,26,28)(H3,24,25,27). The van der Waals surface area contributed by atoms with Crippen LogP contribution in [0.3, 0.4) is 0 Å². The lowest BCUT2D eigenvalue weighted by atomic mass is 10.2. The summed E-state index contributed by atoms with van der Waals surface area (Å²) >= 11 is 0. The summed E-state index contributed by atoms with van der Waals surface area (Å²) in [5.41, 5.74) is 7.75. The Bertz CT molecular complexity index is 895. The van der Waals surface area contributed by atoms with Gasteiger partial charge in [0.25, 0.3) is 5.91 Å². The molecule has 3 rings (SSSR count). The summed E-state index contributed by atoms with van der Waals surface area (Å²) in [4.78, 5) is 16.3. The van der Waals surface area contributed by atoms with Gasteiger partial charge < -0.3 is 25.8 Å². The summed E-state index contributed by atoms with van der Waals surface area (Å²) in [7, 11) is 0. The molecule has 1 atom stereocenters. The Kier molecular flexibility index (Phi) is 6.78. The number of benzene rings is 2. The molecule has 0 bridgehead atoms. The van der Waals surface area contributed by atoms with Crippen LogP contribution in [-0.2, 0) is 16.1 Å². The molecule has 1 amide bonds. The second-order valence-corrected chi connectivity index (χ2v) is 6.59. The van der Waals surface area contributed by atoms with Crippen molar-refractivity contribution in [1.82, 2.24) is 0 Å². The van der Waals surface area contributed by atoms with Crippen LogP contribution in [0.4, 0.5) is 24.5 Å². The minimum atomic E-state index is -4.74. The van der Waals surface area contributed by atoms with Crippen molar-refractivity contribution in [2.45, 2.75) is 31.9 Å². The fourth-order valence-electron chi connectivity index (χ4n) is 2.86. The maximum atomic E-state index is 12.2. The zero-order valence-corrected chi connectivity index (χ0v) is 15.9. The van der Waals surface area contributed by atoms with Gasteiger partial charge in [0, 0.05) is 18.0 Å². The normalized spacial score (nSPS) is 16.9. The van der Waals surface area contributed by atoms with Crippen LogP contribution < -0.4 is 21.1 Å². The van der Waals surface area contributed by atoms with Crippen molar-refractivity contribution >= 4 is 23.2 Å². The molecule has 0 aliphatic carbocycles. The van der Waals surface area contributed by atoms with Gasteiger partial charge in [0.05, 0.1) is 6.54 Å². The average molecular weight is 422 g/mol. The molecule has 2 aromatic rings. The lowest BCUT2D eigenvalue weighted by Crippen LogP contribution is -2.26. The highest BCUT2D eigenvalue weighted by molar-refractivity contribution is 5.94. The first kappa shape index (κ1) is 21.4. The maximum absolute atomic E-state index is 12.2. The fraction of sp³-hybridized carbons (Fsp3) is 0.300.